The van der Waals surface area contributed by atoms with Gasteiger partial charge in [0.1, 0.15) is 5.00 Å². The summed E-state index contributed by atoms with van der Waals surface area (Å²) in [5, 5.41) is 14.1. The summed E-state index contributed by atoms with van der Waals surface area (Å²) in [6.45, 7) is 1.84. The Labute approximate surface area is 101 Å². The van der Waals surface area contributed by atoms with Gasteiger partial charge in [-0.15, -0.1) is 11.3 Å². The Balaban J connectivity index is 2.05. The molecular formula is C10H10N2O4S. The van der Waals surface area contributed by atoms with Crippen LogP contribution in [-0.4, -0.2) is 22.9 Å². The number of carbonyl (C=O) groups excluding carboxylic acids is 2. The van der Waals surface area contributed by atoms with Crippen LogP contribution in [0.25, 0.3) is 0 Å². The third-order valence-corrected chi connectivity index (χ3v) is 3.39. The number of amides is 2. The fraction of sp³-hybridized carbons (Fsp3) is 0.300. The SMILES string of the molecule is Cc1sc(NC(=O)CCC(=O)O)c2c1NC2=O. The predicted octanol–water partition coefficient (Wildman–Crippen LogP) is 1.43. The summed E-state index contributed by atoms with van der Waals surface area (Å²) in [4.78, 5) is 33.9. The standard InChI is InChI=1S/C10H10N2O4S/c1-4-8-7(9(16)12-8)10(17-4)11-5(13)2-3-6(14)15/h2-3H2,1H3,(H,11,13)(H,12,16)(H,14,15). The Hall–Kier alpha value is -1.89. The number of aryl methyl sites for hydroxylation is 1. The van der Waals surface area contributed by atoms with Crippen molar-refractivity contribution in [3.8, 4) is 0 Å². The van der Waals surface area contributed by atoms with Gasteiger partial charge in [0.2, 0.25) is 5.91 Å². The molecule has 7 heteroatoms. The van der Waals surface area contributed by atoms with Gasteiger partial charge in [0.25, 0.3) is 5.91 Å². The number of carboxylic acid groups (broad SMARTS) is 1. The summed E-state index contributed by atoms with van der Waals surface area (Å²) in [6.07, 6.45) is -0.312. The second-order valence-corrected chi connectivity index (χ2v) is 4.86. The molecule has 1 aromatic rings. The molecule has 2 heterocycles. The molecule has 6 nitrogen and oxygen atoms in total. The Morgan fingerprint density at radius 3 is 2.71 bits per heavy atom. The fourth-order valence-electron chi connectivity index (χ4n) is 1.52. The van der Waals surface area contributed by atoms with Crippen LogP contribution in [0, 0.1) is 6.92 Å². The van der Waals surface area contributed by atoms with Crippen LogP contribution in [0.15, 0.2) is 0 Å². The van der Waals surface area contributed by atoms with Crippen molar-refractivity contribution in [2.45, 2.75) is 19.8 Å². The Kier molecular flexibility index (Phi) is 2.84. The van der Waals surface area contributed by atoms with Crippen LogP contribution in [0.1, 0.15) is 28.1 Å². The number of anilines is 2. The molecule has 0 bridgehead atoms. The number of nitrogens with one attached hydrogen (secondary N) is 2. The molecule has 0 fully saturated rings. The van der Waals surface area contributed by atoms with E-state index in [-0.39, 0.29) is 18.7 Å². The van der Waals surface area contributed by atoms with Crippen molar-refractivity contribution in [2.75, 3.05) is 10.6 Å². The number of hydrogen-bond acceptors (Lipinski definition) is 4. The lowest BCUT2D eigenvalue weighted by atomic mass is 10.1. The first kappa shape index (κ1) is 11.6. The molecule has 0 aromatic carbocycles. The molecule has 1 aliphatic heterocycles. The van der Waals surface area contributed by atoms with E-state index >= 15 is 0 Å². The summed E-state index contributed by atoms with van der Waals surface area (Å²) in [7, 11) is 0. The van der Waals surface area contributed by atoms with Crippen molar-refractivity contribution in [3.05, 3.63) is 10.4 Å². The first-order chi connectivity index (χ1) is 7.99. The number of aliphatic carboxylic acids is 1. The Morgan fingerprint density at radius 2 is 2.12 bits per heavy atom. The molecule has 0 saturated carbocycles. The highest BCUT2D eigenvalue weighted by Gasteiger charge is 2.31. The van der Waals surface area contributed by atoms with Crippen molar-refractivity contribution in [2.24, 2.45) is 0 Å². The van der Waals surface area contributed by atoms with Gasteiger partial charge in [0.15, 0.2) is 0 Å². The first-order valence-electron chi connectivity index (χ1n) is 4.95. The number of carbonyl (C=O) groups is 3. The van der Waals surface area contributed by atoms with Crippen LogP contribution in [0.2, 0.25) is 0 Å². The number of fused-ring (bicyclic) bond motifs is 1. The maximum atomic E-state index is 11.4. The lowest BCUT2D eigenvalue weighted by Gasteiger charge is -2.16. The van der Waals surface area contributed by atoms with Gasteiger partial charge in [-0.05, 0) is 6.92 Å². The largest absolute Gasteiger partial charge is 0.481 e. The summed E-state index contributed by atoms with van der Waals surface area (Å²) in [6, 6.07) is 0. The van der Waals surface area contributed by atoms with Crippen LogP contribution < -0.4 is 10.6 Å². The normalized spacial score (nSPS) is 12.4. The third kappa shape index (κ3) is 2.14. The van der Waals surface area contributed by atoms with Crippen molar-refractivity contribution in [1.82, 2.24) is 0 Å². The van der Waals surface area contributed by atoms with Crippen LogP contribution in [0.4, 0.5) is 10.7 Å². The maximum absolute atomic E-state index is 11.4. The first-order valence-corrected chi connectivity index (χ1v) is 5.77. The highest BCUT2D eigenvalue weighted by Crippen LogP contribution is 2.42. The second-order valence-electron chi connectivity index (χ2n) is 3.63. The number of carboxylic acids is 1. The average Bonchev–Trinajstić information content (AvgIpc) is 2.46. The highest BCUT2D eigenvalue weighted by atomic mass is 32.1. The lowest BCUT2D eigenvalue weighted by Crippen LogP contribution is -2.25. The monoisotopic (exact) mass is 254 g/mol. The van der Waals surface area contributed by atoms with Crippen molar-refractivity contribution < 1.29 is 19.5 Å². The number of rotatable bonds is 4. The van der Waals surface area contributed by atoms with E-state index in [1.807, 2.05) is 6.92 Å². The molecule has 0 saturated heterocycles. The van der Waals surface area contributed by atoms with E-state index in [2.05, 4.69) is 10.6 Å². The van der Waals surface area contributed by atoms with Crippen LogP contribution in [0.3, 0.4) is 0 Å². The summed E-state index contributed by atoms with van der Waals surface area (Å²) in [5.41, 5.74) is 1.25. The fourth-order valence-corrected chi connectivity index (χ4v) is 2.55. The van der Waals surface area contributed by atoms with Gasteiger partial charge in [-0.25, -0.2) is 0 Å². The van der Waals surface area contributed by atoms with E-state index in [9.17, 15) is 14.4 Å². The van der Waals surface area contributed by atoms with E-state index in [1.165, 1.54) is 11.3 Å². The molecule has 17 heavy (non-hydrogen) atoms. The molecule has 3 N–H and O–H groups in total. The Bertz CT molecular complexity index is 521. The summed E-state index contributed by atoms with van der Waals surface area (Å²) >= 11 is 1.31. The predicted molar refractivity (Wildman–Crippen MR) is 62.5 cm³/mol. The molecule has 0 atom stereocenters. The topological polar surface area (TPSA) is 95.5 Å². The van der Waals surface area contributed by atoms with E-state index in [0.29, 0.717) is 10.6 Å². The van der Waals surface area contributed by atoms with Crippen LogP contribution >= 0.6 is 11.3 Å². The van der Waals surface area contributed by atoms with Gasteiger partial charge >= 0.3 is 5.97 Å². The van der Waals surface area contributed by atoms with E-state index < -0.39 is 11.9 Å². The maximum Gasteiger partial charge on any atom is 0.303 e. The summed E-state index contributed by atoms with van der Waals surface area (Å²) < 4.78 is 0. The van der Waals surface area contributed by atoms with Gasteiger partial charge < -0.3 is 15.7 Å². The van der Waals surface area contributed by atoms with Gasteiger partial charge in [-0.2, -0.15) is 0 Å². The number of thiophene rings is 1. The van der Waals surface area contributed by atoms with Gasteiger partial charge in [-0.1, -0.05) is 0 Å². The summed E-state index contributed by atoms with van der Waals surface area (Å²) in [5.74, 6) is -1.62. The molecule has 0 spiro atoms. The molecule has 2 rings (SSSR count). The second kappa shape index (κ2) is 4.17. The Morgan fingerprint density at radius 1 is 1.41 bits per heavy atom. The zero-order chi connectivity index (χ0) is 12.6. The highest BCUT2D eigenvalue weighted by molar-refractivity contribution is 7.17. The molecule has 0 radical (unpaired) electrons. The van der Waals surface area contributed by atoms with E-state index in [4.69, 9.17) is 5.11 Å². The molecule has 90 valence electrons. The van der Waals surface area contributed by atoms with Crippen molar-refractivity contribution in [1.29, 1.82) is 0 Å². The van der Waals surface area contributed by atoms with Gasteiger partial charge in [0, 0.05) is 11.3 Å². The molecule has 1 aliphatic rings. The molecule has 0 aliphatic carbocycles. The third-order valence-electron chi connectivity index (χ3n) is 2.37. The van der Waals surface area contributed by atoms with Crippen LogP contribution in [0.5, 0.6) is 0 Å². The van der Waals surface area contributed by atoms with Crippen molar-refractivity contribution >= 4 is 39.8 Å². The number of hydrogen-bond donors (Lipinski definition) is 3. The quantitative estimate of drug-likeness (QED) is 0.757. The average molecular weight is 254 g/mol. The van der Waals surface area contributed by atoms with E-state index in [1.54, 1.807) is 0 Å². The molecule has 0 unspecified atom stereocenters. The minimum Gasteiger partial charge on any atom is -0.481 e. The minimum absolute atomic E-state index is 0.0946. The molecule has 1 aromatic heterocycles. The lowest BCUT2D eigenvalue weighted by molar-refractivity contribution is -0.138. The van der Waals surface area contributed by atoms with E-state index in [0.717, 1.165) is 10.6 Å². The van der Waals surface area contributed by atoms with Crippen LogP contribution in [-0.2, 0) is 9.59 Å². The zero-order valence-electron chi connectivity index (χ0n) is 8.99. The van der Waals surface area contributed by atoms with Gasteiger partial charge in [-0.3, -0.25) is 14.4 Å². The van der Waals surface area contributed by atoms with Gasteiger partial charge in [0.05, 0.1) is 17.7 Å². The minimum atomic E-state index is -1.02. The molecule has 2 amide bonds. The van der Waals surface area contributed by atoms with Crippen molar-refractivity contribution in [3.63, 3.8) is 0 Å². The zero-order valence-corrected chi connectivity index (χ0v) is 9.81. The molecular weight excluding hydrogens is 244 g/mol. The smallest absolute Gasteiger partial charge is 0.303 e.